The maximum atomic E-state index is 11.7. The average molecular weight is 293 g/mol. The minimum Gasteiger partial charge on any atom is -0.493 e. The van der Waals surface area contributed by atoms with Crippen molar-refractivity contribution in [3.8, 4) is 5.75 Å². The number of ether oxygens (including phenoxy) is 2. The lowest BCUT2D eigenvalue weighted by molar-refractivity contribution is 0.0596. The van der Waals surface area contributed by atoms with Crippen LogP contribution >= 0.6 is 0 Å². The van der Waals surface area contributed by atoms with Crippen molar-refractivity contribution in [2.24, 2.45) is 0 Å². The Morgan fingerprint density at radius 2 is 1.76 bits per heavy atom. The van der Waals surface area contributed by atoms with E-state index in [1.54, 1.807) is 18.2 Å². The molecule has 118 valence electrons. The zero-order valence-corrected chi connectivity index (χ0v) is 13.2. The van der Waals surface area contributed by atoms with Crippen LogP contribution in [0.2, 0.25) is 0 Å². The lowest BCUT2D eigenvalue weighted by Gasteiger charge is -2.11. The number of esters is 1. The Hall–Kier alpha value is -1.71. The van der Waals surface area contributed by atoms with E-state index in [2.05, 4.69) is 6.92 Å². The molecule has 0 unspecified atom stereocenters. The summed E-state index contributed by atoms with van der Waals surface area (Å²) >= 11 is 0. The first-order valence-corrected chi connectivity index (χ1v) is 7.79. The van der Waals surface area contributed by atoms with Crippen molar-refractivity contribution in [1.82, 2.24) is 0 Å². The SMILES string of the molecule is CCCCCCCCCOc1ccc(N)cc1C(=O)OC. The lowest BCUT2D eigenvalue weighted by atomic mass is 10.1. The van der Waals surface area contributed by atoms with Crippen molar-refractivity contribution >= 4 is 11.7 Å². The van der Waals surface area contributed by atoms with E-state index in [-0.39, 0.29) is 0 Å². The van der Waals surface area contributed by atoms with E-state index in [0.29, 0.717) is 23.6 Å². The molecular weight excluding hydrogens is 266 g/mol. The van der Waals surface area contributed by atoms with Gasteiger partial charge in [0, 0.05) is 5.69 Å². The summed E-state index contributed by atoms with van der Waals surface area (Å²) in [5.41, 5.74) is 6.61. The summed E-state index contributed by atoms with van der Waals surface area (Å²) in [5.74, 6) is 0.124. The number of unbranched alkanes of at least 4 members (excludes halogenated alkanes) is 6. The number of anilines is 1. The molecule has 0 atom stereocenters. The molecule has 0 saturated heterocycles. The predicted octanol–water partition coefficient (Wildman–Crippen LogP) is 4.18. The zero-order chi connectivity index (χ0) is 15.5. The van der Waals surface area contributed by atoms with Gasteiger partial charge in [-0.1, -0.05) is 45.4 Å². The molecule has 0 spiro atoms. The number of carbonyl (C=O) groups is 1. The van der Waals surface area contributed by atoms with Crippen molar-refractivity contribution in [2.45, 2.75) is 51.9 Å². The Morgan fingerprint density at radius 1 is 1.10 bits per heavy atom. The van der Waals surface area contributed by atoms with E-state index in [1.165, 1.54) is 39.2 Å². The Morgan fingerprint density at radius 3 is 2.43 bits per heavy atom. The molecule has 0 saturated carbocycles. The van der Waals surface area contributed by atoms with Crippen LogP contribution in [0.5, 0.6) is 5.75 Å². The molecule has 0 fully saturated rings. The highest BCUT2D eigenvalue weighted by molar-refractivity contribution is 5.93. The quantitative estimate of drug-likeness (QED) is 0.399. The monoisotopic (exact) mass is 293 g/mol. The number of hydrogen-bond donors (Lipinski definition) is 1. The smallest absolute Gasteiger partial charge is 0.341 e. The van der Waals surface area contributed by atoms with Gasteiger partial charge in [-0.05, 0) is 24.6 Å². The van der Waals surface area contributed by atoms with Crippen LogP contribution in [0.15, 0.2) is 18.2 Å². The van der Waals surface area contributed by atoms with Crippen LogP contribution in [-0.4, -0.2) is 19.7 Å². The highest BCUT2D eigenvalue weighted by atomic mass is 16.5. The van der Waals surface area contributed by atoms with Gasteiger partial charge in [0.25, 0.3) is 0 Å². The Balaban J connectivity index is 2.33. The highest BCUT2D eigenvalue weighted by Gasteiger charge is 2.13. The molecule has 0 aliphatic rings. The minimum atomic E-state index is -0.420. The number of hydrogen-bond acceptors (Lipinski definition) is 4. The first-order valence-electron chi connectivity index (χ1n) is 7.79. The summed E-state index contributed by atoms with van der Waals surface area (Å²) < 4.78 is 10.4. The number of nitrogens with two attached hydrogens (primary N) is 1. The average Bonchev–Trinajstić information content (AvgIpc) is 2.50. The van der Waals surface area contributed by atoms with Crippen LogP contribution in [0.25, 0.3) is 0 Å². The molecular formula is C17H27NO3. The molecule has 0 aromatic heterocycles. The number of carbonyl (C=O) groups excluding carboxylic acids is 1. The van der Waals surface area contributed by atoms with Crippen LogP contribution in [0.1, 0.15) is 62.2 Å². The summed E-state index contributed by atoms with van der Waals surface area (Å²) in [6, 6.07) is 5.04. The highest BCUT2D eigenvalue weighted by Crippen LogP contribution is 2.22. The van der Waals surface area contributed by atoms with Crippen LogP contribution in [0, 0.1) is 0 Å². The zero-order valence-electron chi connectivity index (χ0n) is 13.2. The van der Waals surface area contributed by atoms with Crippen molar-refractivity contribution in [3.05, 3.63) is 23.8 Å². The molecule has 2 N–H and O–H groups in total. The topological polar surface area (TPSA) is 61.5 Å². The van der Waals surface area contributed by atoms with Crippen molar-refractivity contribution in [3.63, 3.8) is 0 Å². The molecule has 1 aromatic carbocycles. The van der Waals surface area contributed by atoms with Gasteiger partial charge >= 0.3 is 5.97 Å². The predicted molar refractivity (Wildman–Crippen MR) is 85.7 cm³/mol. The second-order valence-corrected chi connectivity index (χ2v) is 5.22. The molecule has 0 bridgehead atoms. The van der Waals surface area contributed by atoms with Crippen molar-refractivity contribution in [1.29, 1.82) is 0 Å². The molecule has 0 radical (unpaired) electrons. The Kier molecular flexibility index (Phi) is 8.32. The van der Waals surface area contributed by atoms with Gasteiger partial charge in [-0.25, -0.2) is 4.79 Å². The van der Waals surface area contributed by atoms with Gasteiger partial charge in [0.2, 0.25) is 0 Å². The molecule has 0 aliphatic heterocycles. The third kappa shape index (κ3) is 6.52. The molecule has 21 heavy (non-hydrogen) atoms. The van der Waals surface area contributed by atoms with E-state index in [9.17, 15) is 4.79 Å². The standard InChI is InChI=1S/C17H27NO3/c1-3-4-5-6-7-8-9-12-21-16-11-10-14(18)13-15(16)17(19)20-2/h10-11,13H,3-9,12,18H2,1-2H3. The van der Waals surface area contributed by atoms with Gasteiger partial charge in [0.05, 0.1) is 13.7 Å². The van der Waals surface area contributed by atoms with E-state index in [4.69, 9.17) is 15.2 Å². The minimum absolute atomic E-state index is 0.389. The number of rotatable bonds is 10. The van der Waals surface area contributed by atoms with E-state index >= 15 is 0 Å². The Labute approximate surface area is 127 Å². The lowest BCUT2D eigenvalue weighted by Crippen LogP contribution is -2.07. The molecule has 0 heterocycles. The van der Waals surface area contributed by atoms with E-state index < -0.39 is 5.97 Å². The van der Waals surface area contributed by atoms with Crippen LogP contribution in [0.3, 0.4) is 0 Å². The third-order valence-electron chi connectivity index (χ3n) is 3.41. The van der Waals surface area contributed by atoms with Crippen LogP contribution in [-0.2, 0) is 4.74 Å². The van der Waals surface area contributed by atoms with E-state index in [1.807, 2.05) is 0 Å². The van der Waals surface area contributed by atoms with E-state index in [0.717, 1.165) is 12.8 Å². The maximum absolute atomic E-state index is 11.7. The third-order valence-corrected chi connectivity index (χ3v) is 3.41. The number of nitrogen functional groups attached to an aromatic ring is 1. The van der Waals surface area contributed by atoms with Gasteiger partial charge in [-0.15, -0.1) is 0 Å². The van der Waals surface area contributed by atoms with Gasteiger partial charge in [-0.2, -0.15) is 0 Å². The normalized spacial score (nSPS) is 10.4. The second-order valence-electron chi connectivity index (χ2n) is 5.22. The van der Waals surface area contributed by atoms with Crippen molar-refractivity contribution in [2.75, 3.05) is 19.5 Å². The summed E-state index contributed by atoms with van der Waals surface area (Å²) in [6.07, 6.45) is 8.62. The molecule has 1 rings (SSSR count). The summed E-state index contributed by atoms with van der Waals surface area (Å²) in [4.78, 5) is 11.7. The van der Waals surface area contributed by atoms with Gasteiger partial charge in [-0.3, -0.25) is 0 Å². The molecule has 1 aromatic rings. The molecule has 0 aliphatic carbocycles. The van der Waals surface area contributed by atoms with Crippen LogP contribution in [0.4, 0.5) is 5.69 Å². The van der Waals surface area contributed by atoms with Gasteiger partial charge in [0.15, 0.2) is 0 Å². The van der Waals surface area contributed by atoms with Crippen LogP contribution < -0.4 is 10.5 Å². The molecule has 4 nitrogen and oxygen atoms in total. The summed E-state index contributed by atoms with van der Waals surface area (Å²) in [6.45, 7) is 2.83. The first-order chi connectivity index (χ1) is 10.2. The molecule has 4 heteroatoms. The summed E-state index contributed by atoms with van der Waals surface area (Å²) in [5, 5.41) is 0. The largest absolute Gasteiger partial charge is 0.493 e. The fourth-order valence-corrected chi connectivity index (χ4v) is 2.18. The summed E-state index contributed by atoms with van der Waals surface area (Å²) in [7, 11) is 1.35. The molecule has 0 amide bonds. The maximum Gasteiger partial charge on any atom is 0.341 e. The van der Waals surface area contributed by atoms with Gasteiger partial charge < -0.3 is 15.2 Å². The Bertz CT molecular complexity index is 432. The second kappa shape index (κ2) is 10.1. The fraction of sp³-hybridized carbons (Fsp3) is 0.588. The fourth-order valence-electron chi connectivity index (χ4n) is 2.18. The van der Waals surface area contributed by atoms with Crippen molar-refractivity contribution < 1.29 is 14.3 Å². The van der Waals surface area contributed by atoms with Gasteiger partial charge in [0.1, 0.15) is 11.3 Å². The number of methoxy groups -OCH3 is 1. The number of benzene rings is 1. The first kappa shape index (κ1) is 17.3.